The molecule has 0 unspecified atom stereocenters. The lowest BCUT2D eigenvalue weighted by Gasteiger charge is -2.57. The van der Waals surface area contributed by atoms with Gasteiger partial charge >= 0.3 is 0 Å². The first kappa shape index (κ1) is 14.0. The molecular formula is C14H25NO3. The van der Waals surface area contributed by atoms with Crippen molar-refractivity contribution in [3.8, 4) is 0 Å². The van der Waals surface area contributed by atoms with Crippen LogP contribution >= 0.6 is 0 Å². The highest BCUT2D eigenvalue weighted by molar-refractivity contribution is 5.03. The molecule has 0 bridgehead atoms. The number of hydrogen-bond acceptors (Lipinski definition) is 3. The van der Waals surface area contributed by atoms with Crippen LogP contribution in [0.1, 0.15) is 33.1 Å². The molecule has 1 heterocycles. The number of rotatable bonds is 2. The normalized spacial score (nSPS) is 40.4. The summed E-state index contributed by atoms with van der Waals surface area (Å²) in [5.41, 5.74) is 0.278. The molecule has 1 N–H and O–H groups in total. The van der Waals surface area contributed by atoms with Crippen LogP contribution in [0.15, 0.2) is 12.2 Å². The third-order valence-corrected chi connectivity index (χ3v) is 4.72. The van der Waals surface area contributed by atoms with Crippen molar-refractivity contribution in [2.24, 2.45) is 5.92 Å². The fourth-order valence-corrected chi connectivity index (χ4v) is 3.38. The van der Waals surface area contributed by atoms with E-state index in [0.29, 0.717) is 38.6 Å². The van der Waals surface area contributed by atoms with E-state index in [4.69, 9.17) is 4.74 Å². The van der Waals surface area contributed by atoms with E-state index in [0.717, 1.165) is 18.4 Å². The van der Waals surface area contributed by atoms with Gasteiger partial charge in [0, 0.05) is 6.42 Å². The summed E-state index contributed by atoms with van der Waals surface area (Å²) in [6, 6.07) is -0.239. The first-order valence-electron chi connectivity index (χ1n) is 6.88. The van der Waals surface area contributed by atoms with Crippen molar-refractivity contribution >= 4 is 0 Å². The quantitative estimate of drug-likeness (QED) is 0.465. The number of morpholine rings is 1. The van der Waals surface area contributed by atoms with Crippen molar-refractivity contribution in [3.63, 3.8) is 0 Å². The van der Waals surface area contributed by atoms with Crippen molar-refractivity contribution < 1.29 is 14.5 Å². The third kappa shape index (κ3) is 2.62. The average Bonchev–Trinajstić information content (AvgIpc) is 2.28. The smallest absolute Gasteiger partial charge is 0.118 e. The average molecular weight is 255 g/mol. The molecule has 0 aromatic rings. The molecule has 1 saturated carbocycles. The Balaban J connectivity index is 2.18. The van der Waals surface area contributed by atoms with E-state index in [1.165, 1.54) is 0 Å². The summed E-state index contributed by atoms with van der Waals surface area (Å²) in [6.45, 7) is 9.80. The molecule has 4 heteroatoms. The summed E-state index contributed by atoms with van der Waals surface area (Å²) in [5.74, 6) is 0.377. The van der Waals surface area contributed by atoms with Gasteiger partial charge in [0.1, 0.15) is 24.7 Å². The largest absolute Gasteiger partial charge is 0.632 e. The highest BCUT2D eigenvalue weighted by atomic mass is 16.6. The summed E-state index contributed by atoms with van der Waals surface area (Å²) in [5, 5.41) is 23.5. The molecule has 1 aliphatic carbocycles. The molecule has 0 amide bonds. The van der Waals surface area contributed by atoms with Crippen LogP contribution in [-0.4, -0.2) is 47.7 Å². The molecule has 1 aliphatic heterocycles. The SMILES string of the molecule is C=C(C)[C@@H]1CC[C@](C)(O)[C@@H]([N+]2([O-])CCOCC2)C1. The second-order valence-electron chi connectivity index (χ2n) is 6.20. The van der Waals surface area contributed by atoms with Crippen LogP contribution in [0.25, 0.3) is 0 Å². The first-order chi connectivity index (χ1) is 8.35. The molecule has 2 rings (SSSR count). The molecule has 4 nitrogen and oxygen atoms in total. The van der Waals surface area contributed by atoms with E-state index in [2.05, 4.69) is 6.58 Å². The van der Waals surface area contributed by atoms with Crippen LogP contribution in [0.5, 0.6) is 0 Å². The maximum absolute atomic E-state index is 12.9. The molecule has 1 saturated heterocycles. The number of quaternary nitrogens is 1. The number of aliphatic hydroxyl groups is 1. The van der Waals surface area contributed by atoms with Crippen LogP contribution in [0.3, 0.4) is 0 Å². The topological polar surface area (TPSA) is 52.5 Å². The summed E-state index contributed by atoms with van der Waals surface area (Å²) in [4.78, 5) is 0. The zero-order valence-electron chi connectivity index (χ0n) is 11.5. The van der Waals surface area contributed by atoms with Crippen LogP contribution in [0.4, 0.5) is 0 Å². The second kappa shape index (κ2) is 4.93. The van der Waals surface area contributed by atoms with Gasteiger partial charge in [-0.3, -0.25) is 0 Å². The van der Waals surface area contributed by atoms with Gasteiger partial charge in [-0.25, -0.2) is 0 Å². The Morgan fingerprint density at radius 2 is 2.06 bits per heavy atom. The molecule has 2 aliphatic rings. The van der Waals surface area contributed by atoms with Crippen LogP contribution in [-0.2, 0) is 4.74 Å². The van der Waals surface area contributed by atoms with E-state index in [1.54, 1.807) is 0 Å². The van der Waals surface area contributed by atoms with Gasteiger partial charge in [0.2, 0.25) is 0 Å². The van der Waals surface area contributed by atoms with Gasteiger partial charge in [-0.05, 0) is 32.6 Å². The van der Waals surface area contributed by atoms with Gasteiger partial charge in [-0.15, -0.1) is 0 Å². The van der Waals surface area contributed by atoms with Crippen molar-refractivity contribution in [1.82, 2.24) is 0 Å². The van der Waals surface area contributed by atoms with E-state index < -0.39 is 5.60 Å². The Bertz CT molecular complexity index is 321. The van der Waals surface area contributed by atoms with Crippen LogP contribution < -0.4 is 0 Å². The second-order valence-corrected chi connectivity index (χ2v) is 6.20. The molecule has 0 aromatic carbocycles. The Hall–Kier alpha value is -0.420. The van der Waals surface area contributed by atoms with E-state index in [9.17, 15) is 10.3 Å². The monoisotopic (exact) mass is 255 g/mol. The minimum atomic E-state index is -0.856. The molecule has 104 valence electrons. The Morgan fingerprint density at radius 3 is 2.61 bits per heavy atom. The lowest BCUT2D eigenvalue weighted by atomic mass is 9.73. The van der Waals surface area contributed by atoms with Crippen molar-refractivity contribution in [1.29, 1.82) is 0 Å². The number of nitrogens with zero attached hydrogens (tertiary/aromatic N) is 1. The Kier molecular flexibility index (Phi) is 3.83. The highest BCUT2D eigenvalue weighted by Crippen LogP contribution is 2.40. The summed E-state index contributed by atoms with van der Waals surface area (Å²) >= 11 is 0. The lowest BCUT2D eigenvalue weighted by molar-refractivity contribution is -0.921. The summed E-state index contributed by atoms with van der Waals surface area (Å²) < 4.78 is 4.99. The van der Waals surface area contributed by atoms with Crippen molar-refractivity contribution in [2.75, 3.05) is 26.3 Å². The molecule has 18 heavy (non-hydrogen) atoms. The van der Waals surface area contributed by atoms with E-state index in [1.807, 2.05) is 13.8 Å². The zero-order chi connectivity index (χ0) is 13.4. The zero-order valence-corrected chi connectivity index (χ0v) is 11.5. The van der Waals surface area contributed by atoms with Crippen LogP contribution in [0.2, 0.25) is 0 Å². The number of hydroxylamine groups is 3. The Morgan fingerprint density at radius 1 is 1.44 bits per heavy atom. The number of allylic oxidation sites excluding steroid dienone is 1. The van der Waals surface area contributed by atoms with Crippen molar-refractivity contribution in [3.05, 3.63) is 17.4 Å². The fourth-order valence-electron chi connectivity index (χ4n) is 3.38. The van der Waals surface area contributed by atoms with Gasteiger partial charge in [0.05, 0.1) is 13.2 Å². The standard InChI is InChI=1S/C14H25NO3/c1-11(2)12-4-5-14(3,16)13(10-12)15(17)6-8-18-9-7-15/h12-13,16H,1,4-10H2,2-3H3/t12-,13+,14+/m1/s1. The highest BCUT2D eigenvalue weighted by Gasteiger charge is 2.48. The third-order valence-electron chi connectivity index (χ3n) is 4.72. The maximum Gasteiger partial charge on any atom is 0.118 e. The first-order valence-corrected chi connectivity index (χ1v) is 6.88. The minimum absolute atomic E-state index is 0.239. The molecule has 0 radical (unpaired) electrons. The van der Waals surface area contributed by atoms with Gasteiger partial charge in [-0.2, -0.15) is 0 Å². The molecule has 3 atom stereocenters. The molecule has 2 fully saturated rings. The molecular weight excluding hydrogens is 230 g/mol. The molecule has 0 spiro atoms. The van der Waals surface area contributed by atoms with Gasteiger partial charge in [0.25, 0.3) is 0 Å². The van der Waals surface area contributed by atoms with E-state index >= 15 is 0 Å². The van der Waals surface area contributed by atoms with Crippen molar-refractivity contribution in [2.45, 2.75) is 44.8 Å². The van der Waals surface area contributed by atoms with E-state index in [-0.39, 0.29) is 10.7 Å². The van der Waals surface area contributed by atoms with Gasteiger partial charge in [0.15, 0.2) is 0 Å². The Labute approximate surface area is 109 Å². The number of hydrogen-bond donors (Lipinski definition) is 1. The predicted molar refractivity (Wildman–Crippen MR) is 70.7 cm³/mol. The van der Waals surface area contributed by atoms with Gasteiger partial charge < -0.3 is 19.7 Å². The fraction of sp³-hybridized carbons (Fsp3) is 0.857. The predicted octanol–water partition coefficient (Wildman–Crippen LogP) is 1.83. The van der Waals surface area contributed by atoms with Crippen LogP contribution in [0, 0.1) is 11.1 Å². The summed E-state index contributed by atoms with van der Waals surface area (Å²) in [6.07, 6.45) is 2.39. The number of ether oxygens (including phenoxy) is 1. The minimum Gasteiger partial charge on any atom is -0.632 e. The summed E-state index contributed by atoms with van der Waals surface area (Å²) in [7, 11) is 0. The lowest BCUT2D eigenvalue weighted by Crippen LogP contribution is -2.66. The molecule has 0 aromatic heterocycles. The maximum atomic E-state index is 12.9. The van der Waals surface area contributed by atoms with Gasteiger partial charge in [-0.1, -0.05) is 12.2 Å².